The molecule has 0 spiro atoms. The summed E-state index contributed by atoms with van der Waals surface area (Å²) < 4.78 is 6.01. The van der Waals surface area contributed by atoms with E-state index in [1.165, 1.54) is 0 Å². The number of nitrogens with zero attached hydrogens (tertiary/aromatic N) is 1. The molecule has 0 bridgehead atoms. The summed E-state index contributed by atoms with van der Waals surface area (Å²) in [7, 11) is 0. The lowest BCUT2D eigenvalue weighted by Crippen LogP contribution is -2.50. The maximum absolute atomic E-state index is 12.8. The van der Waals surface area contributed by atoms with E-state index in [-0.39, 0.29) is 23.8 Å². The summed E-state index contributed by atoms with van der Waals surface area (Å²) in [5.41, 5.74) is 1.12. The number of likely N-dealkylation sites (tertiary alicyclic amines) is 1. The van der Waals surface area contributed by atoms with Gasteiger partial charge in [0.2, 0.25) is 5.91 Å². The van der Waals surface area contributed by atoms with E-state index in [0.29, 0.717) is 19.0 Å². The van der Waals surface area contributed by atoms with E-state index in [0.717, 1.165) is 37.0 Å². The van der Waals surface area contributed by atoms with Gasteiger partial charge in [-0.05, 0) is 50.2 Å². The summed E-state index contributed by atoms with van der Waals surface area (Å²) in [6.45, 7) is 11.5. The van der Waals surface area contributed by atoms with Gasteiger partial charge in [-0.3, -0.25) is 9.59 Å². The molecule has 1 heterocycles. The first-order valence-electron chi connectivity index (χ1n) is 10.7. The number of hydrogen-bond donors (Lipinski definition) is 1. The van der Waals surface area contributed by atoms with Gasteiger partial charge in [0.1, 0.15) is 5.75 Å². The highest BCUT2D eigenvalue weighted by molar-refractivity contribution is 5.81. The molecule has 1 atom stereocenters. The summed E-state index contributed by atoms with van der Waals surface area (Å²) >= 11 is 0. The molecule has 0 aliphatic carbocycles. The van der Waals surface area contributed by atoms with Gasteiger partial charge in [0.05, 0.1) is 0 Å². The van der Waals surface area contributed by atoms with Gasteiger partial charge in [0, 0.05) is 25.0 Å². The van der Waals surface area contributed by atoms with Gasteiger partial charge < -0.3 is 15.0 Å². The Morgan fingerprint density at radius 3 is 2.29 bits per heavy atom. The minimum absolute atomic E-state index is 0.0170. The van der Waals surface area contributed by atoms with E-state index in [1.54, 1.807) is 0 Å². The third-order valence-electron chi connectivity index (χ3n) is 5.70. The minimum atomic E-state index is -0.518. The number of nitrogens with one attached hydrogen (secondary N) is 1. The van der Waals surface area contributed by atoms with Crippen molar-refractivity contribution in [3.05, 3.63) is 29.8 Å². The van der Waals surface area contributed by atoms with Gasteiger partial charge in [-0.15, -0.1) is 0 Å². The fraction of sp³-hybridized carbons (Fsp3) is 0.652. The Balaban J connectivity index is 1.87. The molecule has 5 heteroatoms. The number of benzene rings is 1. The Bertz CT molecular complexity index is 647. The van der Waals surface area contributed by atoms with Crippen LogP contribution in [0.5, 0.6) is 5.75 Å². The molecule has 1 N–H and O–H groups in total. The fourth-order valence-electron chi connectivity index (χ4n) is 3.79. The number of amides is 2. The van der Waals surface area contributed by atoms with Crippen LogP contribution >= 0.6 is 0 Å². The highest BCUT2D eigenvalue weighted by atomic mass is 16.5. The van der Waals surface area contributed by atoms with Crippen molar-refractivity contribution in [2.24, 2.45) is 5.92 Å². The highest BCUT2D eigenvalue weighted by Gasteiger charge is 2.29. The van der Waals surface area contributed by atoms with Gasteiger partial charge in [-0.25, -0.2) is 0 Å². The van der Waals surface area contributed by atoms with Gasteiger partial charge in [-0.2, -0.15) is 0 Å². The van der Waals surface area contributed by atoms with Crippen molar-refractivity contribution in [2.45, 2.75) is 78.4 Å². The number of carbonyl (C=O) groups excluding carboxylic acids is 2. The minimum Gasteiger partial charge on any atom is -0.481 e. The molecule has 1 aromatic rings. The standard InChI is InChI=1S/C23H36N2O3/c1-6-18(7-2)22(26)24-19-12-14-25(15-13-19)23(27)17(5)28-21-11-9-8-10-20(21)16(3)4/h8-11,16-19H,6-7,12-15H2,1-5H3,(H,24,26). The van der Waals surface area contributed by atoms with E-state index in [4.69, 9.17) is 4.74 Å². The average Bonchev–Trinajstić information content (AvgIpc) is 2.69. The number of piperidine rings is 1. The molecule has 1 unspecified atom stereocenters. The molecular formula is C23H36N2O3. The second-order valence-corrected chi connectivity index (χ2v) is 8.07. The molecule has 0 saturated carbocycles. The molecule has 0 aromatic heterocycles. The number of rotatable bonds is 8. The Morgan fingerprint density at radius 2 is 1.71 bits per heavy atom. The van der Waals surface area contributed by atoms with Crippen molar-refractivity contribution in [3.8, 4) is 5.75 Å². The van der Waals surface area contributed by atoms with Crippen molar-refractivity contribution < 1.29 is 14.3 Å². The molecule has 5 nitrogen and oxygen atoms in total. The van der Waals surface area contributed by atoms with E-state index < -0.39 is 6.10 Å². The first-order chi connectivity index (χ1) is 13.4. The lowest BCUT2D eigenvalue weighted by molar-refractivity contribution is -0.139. The molecule has 156 valence electrons. The van der Waals surface area contributed by atoms with Crippen LogP contribution in [-0.2, 0) is 9.59 Å². The van der Waals surface area contributed by atoms with Crippen LogP contribution in [0.25, 0.3) is 0 Å². The van der Waals surface area contributed by atoms with Crippen LogP contribution in [0.15, 0.2) is 24.3 Å². The fourth-order valence-corrected chi connectivity index (χ4v) is 3.79. The third kappa shape index (κ3) is 5.73. The zero-order valence-corrected chi connectivity index (χ0v) is 18.0. The van der Waals surface area contributed by atoms with E-state index >= 15 is 0 Å². The SMILES string of the molecule is CCC(CC)C(=O)NC1CCN(C(=O)C(C)Oc2ccccc2C(C)C)CC1. The van der Waals surface area contributed by atoms with Crippen LogP contribution in [0, 0.1) is 5.92 Å². The van der Waals surface area contributed by atoms with Crippen LogP contribution in [0.1, 0.15) is 71.8 Å². The van der Waals surface area contributed by atoms with Crippen molar-refractivity contribution in [1.29, 1.82) is 0 Å². The molecule has 0 radical (unpaired) electrons. The number of ether oxygens (including phenoxy) is 1. The van der Waals surface area contributed by atoms with Crippen LogP contribution < -0.4 is 10.1 Å². The quantitative estimate of drug-likeness (QED) is 0.729. The zero-order chi connectivity index (χ0) is 20.7. The molecule has 1 aliphatic rings. The van der Waals surface area contributed by atoms with E-state index in [9.17, 15) is 9.59 Å². The molecule has 2 rings (SSSR count). The van der Waals surface area contributed by atoms with E-state index in [2.05, 4.69) is 19.2 Å². The van der Waals surface area contributed by atoms with Crippen LogP contribution in [0.3, 0.4) is 0 Å². The largest absolute Gasteiger partial charge is 0.481 e. The first-order valence-corrected chi connectivity index (χ1v) is 10.7. The molecular weight excluding hydrogens is 352 g/mol. The zero-order valence-electron chi connectivity index (χ0n) is 18.0. The smallest absolute Gasteiger partial charge is 0.263 e. The molecule has 1 aliphatic heterocycles. The molecule has 1 fully saturated rings. The maximum Gasteiger partial charge on any atom is 0.263 e. The summed E-state index contributed by atoms with van der Waals surface area (Å²) in [4.78, 5) is 27.0. The summed E-state index contributed by atoms with van der Waals surface area (Å²) in [6.07, 6.45) is 2.81. The Kier molecular flexibility index (Phi) is 8.34. The topological polar surface area (TPSA) is 58.6 Å². The Labute approximate surface area is 169 Å². The number of para-hydroxylation sites is 1. The van der Waals surface area contributed by atoms with Crippen LogP contribution in [-0.4, -0.2) is 41.9 Å². The van der Waals surface area contributed by atoms with Gasteiger partial charge in [0.15, 0.2) is 6.10 Å². The monoisotopic (exact) mass is 388 g/mol. The molecule has 28 heavy (non-hydrogen) atoms. The van der Waals surface area contributed by atoms with E-state index in [1.807, 2.05) is 49.9 Å². The molecule has 1 saturated heterocycles. The number of carbonyl (C=O) groups is 2. The predicted molar refractivity (Wildman–Crippen MR) is 112 cm³/mol. The Hall–Kier alpha value is -2.04. The normalized spacial score (nSPS) is 16.3. The second kappa shape index (κ2) is 10.5. The lowest BCUT2D eigenvalue weighted by Gasteiger charge is -2.34. The van der Waals surface area contributed by atoms with Crippen molar-refractivity contribution >= 4 is 11.8 Å². The van der Waals surface area contributed by atoms with Crippen LogP contribution in [0.4, 0.5) is 0 Å². The van der Waals surface area contributed by atoms with Crippen LogP contribution in [0.2, 0.25) is 0 Å². The maximum atomic E-state index is 12.8. The third-order valence-corrected chi connectivity index (χ3v) is 5.70. The number of hydrogen-bond acceptors (Lipinski definition) is 3. The summed E-state index contributed by atoms with van der Waals surface area (Å²) in [6, 6.07) is 8.07. The first kappa shape index (κ1) is 22.3. The van der Waals surface area contributed by atoms with Gasteiger partial charge in [0.25, 0.3) is 5.91 Å². The summed E-state index contributed by atoms with van der Waals surface area (Å²) in [5.74, 6) is 1.38. The van der Waals surface area contributed by atoms with Gasteiger partial charge in [-0.1, -0.05) is 45.9 Å². The lowest BCUT2D eigenvalue weighted by atomic mass is 9.99. The highest BCUT2D eigenvalue weighted by Crippen LogP contribution is 2.27. The molecule has 1 aromatic carbocycles. The average molecular weight is 389 g/mol. The van der Waals surface area contributed by atoms with Gasteiger partial charge >= 0.3 is 0 Å². The molecule has 2 amide bonds. The van der Waals surface area contributed by atoms with Crippen molar-refractivity contribution in [1.82, 2.24) is 10.2 Å². The second-order valence-electron chi connectivity index (χ2n) is 8.07. The Morgan fingerprint density at radius 1 is 1.11 bits per heavy atom. The summed E-state index contributed by atoms with van der Waals surface area (Å²) in [5, 5.41) is 3.16. The van der Waals surface area contributed by atoms with Crippen molar-refractivity contribution in [3.63, 3.8) is 0 Å². The van der Waals surface area contributed by atoms with Crippen molar-refractivity contribution in [2.75, 3.05) is 13.1 Å². The predicted octanol–water partition coefficient (Wildman–Crippen LogP) is 4.12.